The van der Waals surface area contributed by atoms with Crippen molar-refractivity contribution in [1.82, 2.24) is 4.31 Å². The van der Waals surface area contributed by atoms with Gasteiger partial charge in [0.15, 0.2) is 0 Å². The predicted octanol–water partition coefficient (Wildman–Crippen LogP) is 3.85. The second kappa shape index (κ2) is 9.81. The van der Waals surface area contributed by atoms with Crippen LogP contribution in [0.5, 0.6) is 0 Å². The maximum atomic E-state index is 12.9. The molecule has 0 saturated carbocycles. The average Bonchev–Trinajstić information content (AvgIpc) is 2.84. The zero-order chi connectivity index (χ0) is 22.6. The van der Waals surface area contributed by atoms with Gasteiger partial charge in [0.1, 0.15) is 0 Å². The van der Waals surface area contributed by atoms with Gasteiger partial charge in [-0.25, -0.2) is 8.42 Å². The zero-order valence-corrected chi connectivity index (χ0v) is 19.1. The van der Waals surface area contributed by atoms with Crippen LogP contribution in [0.3, 0.4) is 0 Å². The molecule has 1 fully saturated rings. The molecule has 0 aliphatic carbocycles. The largest absolute Gasteiger partial charge is 0.379 e. The van der Waals surface area contributed by atoms with E-state index in [2.05, 4.69) is 6.07 Å². The van der Waals surface area contributed by atoms with Gasteiger partial charge >= 0.3 is 0 Å². The van der Waals surface area contributed by atoms with Crippen molar-refractivity contribution < 1.29 is 17.9 Å². The SMILES string of the molecule is CCN(C(=O)CCc1ccc(S(=O)(=O)N2CCOCC2)cc1)c1ccc2ccccc2c1. The highest BCUT2D eigenvalue weighted by molar-refractivity contribution is 7.89. The summed E-state index contributed by atoms with van der Waals surface area (Å²) in [5.41, 5.74) is 1.83. The second-order valence-electron chi connectivity index (χ2n) is 7.83. The van der Waals surface area contributed by atoms with Crippen molar-refractivity contribution in [1.29, 1.82) is 0 Å². The summed E-state index contributed by atoms with van der Waals surface area (Å²) >= 11 is 0. The van der Waals surface area contributed by atoms with Gasteiger partial charge in [0.05, 0.1) is 18.1 Å². The lowest BCUT2D eigenvalue weighted by Crippen LogP contribution is -2.40. The third-order valence-corrected chi connectivity index (χ3v) is 7.73. The molecule has 1 aliphatic rings. The van der Waals surface area contributed by atoms with Gasteiger partial charge in [-0.2, -0.15) is 4.31 Å². The van der Waals surface area contributed by atoms with Gasteiger partial charge in [-0.3, -0.25) is 4.79 Å². The first-order valence-electron chi connectivity index (χ1n) is 10.9. The summed E-state index contributed by atoms with van der Waals surface area (Å²) in [6, 6.07) is 21.0. The molecule has 1 aliphatic heterocycles. The number of carbonyl (C=O) groups excluding carboxylic acids is 1. The fourth-order valence-electron chi connectivity index (χ4n) is 4.00. The van der Waals surface area contributed by atoms with Crippen LogP contribution in [0.1, 0.15) is 18.9 Å². The molecule has 32 heavy (non-hydrogen) atoms. The summed E-state index contributed by atoms with van der Waals surface area (Å²) in [4.78, 5) is 15.0. The highest BCUT2D eigenvalue weighted by Gasteiger charge is 2.26. The average molecular weight is 453 g/mol. The maximum Gasteiger partial charge on any atom is 0.243 e. The molecule has 1 heterocycles. The summed E-state index contributed by atoms with van der Waals surface area (Å²) in [6.07, 6.45) is 0.914. The molecule has 0 aromatic heterocycles. The Morgan fingerprint density at radius 3 is 2.34 bits per heavy atom. The number of hydrogen-bond acceptors (Lipinski definition) is 4. The molecule has 0 bridgehead atoms. The molecule has 0 radical (unpaired) electrons. The Morgan fingerprint density at radius 2 is 1.66 bits per heavy atom. The van der Waals surface area contributed by atoms with Gasteiger partial charge in [-0.15, -0.1) is 0 Å². The highest BCUT2D eigenvalue weighted by Crippen LogP contribution is 2.23. The Labute approximate surface area is 189 Å². The van der Waals surface area contributed by atoms with Crippen molar-refractivity contribution in [3.63, 3.8) is 0 Å². The lowest BCUT2D eigenvalue weighted by Gasteiger charge is -2.26. The number of ether oxygens (including phenoxy) is 1. The molecule has 6 nitrogen and oxygen atoms in total. The number of amides is 1. The summed E-state index contributed by atoms with van der Waals surface area (Å²) in [6.45, 7) is 4.15. The minimum absolute atomic E-state index is 0.0489. The summed E-state index contributed by atoms with van der Waals surface area (Å²) < 4.78 is 32.2. The number of hydrogen-bond donors (Lipinski definition) is 0. The summed E-state index contributed by atoms with van der Waals surface area (Å²) in [5.74, 6) is 0.0489. The van der Waals surface area contributed by atoms with Crippen LogP contribution >= 0.6 is 0 Å². The topological polar surface area (TPSA) is 66.9 Å². The molecule has 1 amide bonds. The van der Waals surface area contributed by atoms with E-state index in [0.29, 0.717) is 45.7 Å². The van der Waals surface area contributed by atoms with Crippen LogP contribution in [0, 0.1) is 0 Å². The van der Waals surface area contributed by atoms with E-state index < -0.39 is 10.0 Å². The Balaban J connectivity index is 1.41. The van der Waals surface area contributed by atoms with Crippen LogP contribution in [0.2, 0.25) is 0 Å². The molecule has 1 saturated heterocycles. The molecule has 4 rings (SSSR count). The maximum absolute atomic E-state index is 12.9. The quantitative estimate of drug-likeness (QED) is 0.546. The Bertz CT molecular complexity index is 1190. The monoisotopic (exact) mass is 452 g/mol. The molecule has 7 heteroatoms. The number of morpholine rings is 1. The third-order valence-electron chi connectivity index (χ3n) is 5.82. The van der Waals surface area contributed by atoms with E-state index in [9.17, 15) is 13.2 Å². The van der Waals surface area contributed by atoms with Crippen LogP contribution < -0.4 is 4.90 Å². The molecular formula is C25H28N2O4S. The lowest BCUT2D eigenvalue weighted by atomic mass is 10.1. The van der Waals surface area contributed by atoms with Gasteiger partial charge < -0.3 is 9.64 Å². The molecule has 3 aromatic carbocycles. The van der Waals surface area contributed by atoms with Crippen molar-refractivity contribution in [2.24, 2.45) is 0 Å². The van der Waals surface area contributed by atoms with Crippen molar-refractivity contribution in [3.05, 3.63) is 72.3 Å². The van der Waals surface area contributed by atoms with Crippen molar-refractivity contribution in [2.45, 2.75) is 24.7 Å². The number of anilines is 1. The molecule has 0 unspecified atom stereocenters. The van der Waals surface area contributed by atoms with Crippen molar-refractivity contribution in [2.75, 3.05) is 37.7 Å². The summed E-state index contributed by atoms with van der Waals surface area (Å²) in [5, 5.41) is 2.25. The third kappa shape index (κ3) is 4.85. The molecule has 0 N–H and O–H groups in total. The smallest absolute Gasteiger partial charge is 0.243 e. The zero-order valence-electron chi connectivity index (χ0n) is 18.2. The number of rotatable bonds is 7. The van der Waals surface area contributed by atoms with E-state index in [1.807, 2.05) is 43.3 Å². The van der Waals surface area contributed by atoms with E-state index >= 15 is 0 Å². The highest BCUT2D eigenvalue weighted by atomic mass is 32.2. The van der Waals surface area contributed by atoms with E-state index in [0.717, 1.165) is 22.0 Å². The van der Waals surface area contributed by atoms with Crippen LogP contribution in [-0.4, -0.2) is 51.5 Å². The van der Waals surface area contributed by atoms with Crippen molar-refractivity contribution >= 4 is 32.4 Å². The second-order valence-corrected chi connectivity index (χ2v) is 9.77. The Morgan fingerprint density at radius 1 is 0.969 bits per heavy atom. The van der Waals surface area contributed by atoms with Crippen LogP contribution in [-0.2, 0) is 26.0 Å². The van der Waals surface area contributed by atoms with Crippen molar-refractivity contribution in [3.8, 4) is 0 Å². The summed E-state index contributed by atoms with van der Waals surface area (Å²) in [7, 11) is -3.50. The van der Waals surface area contributed by atoms with Crippen LogP contribution in [0.25, 0.3) is 10.8 Å². The molecule has 168 valence electrons. The fraction of sp³-hybridized carbons (Fsp3) is 0.320. The van der Waals surface area contributed by atoms with Gasteiger partial charge in [0, 0.05) is 31.7 Å². The normalized spacial score (nSPS) is 15.0. The standard InChI is InChI=1S/C25H28N2O4S/c1-2-27(23-11-10-21-5-3-4-6-22(21)19-23)25(28)14-9-20-7-12-24(13-8-20)32(29,30)26-15-17-31-18-16-26/h3-8,10-13,19H,2,9,14-18H2,1H3. The van der Waals surface area contributed by atoms with E-state index in [4.69, 9.17) is 4.74 Å². The Hall–Kier alpha value is -2.74. The minimum atomic E-state index is -3.50. The minimum Gasteiger partial charge on any atom is -0.379 e. The van der Waals surface area contributed by atoms with Crippen LogP contribution in [0.15, 0.2) is 71.6 Å². The molecule has 0 spiro atoms. The molecule has 3 aromatic rings. The number of nitrogens with zero attached hydrogens (tertiary/aromatic N) is 2. The van der Waals surface area contributed by atoms with Gasteiger partial charge in [0.25, 0.3) is 0 Å². The van der Waals surface area contributed by atoms with Gasteiger partial charge in [-0.1, -0.05) is 42.5 Å². The molecule has 0 atom stereocenters. The van der Waals surface area contributed by atoms with Gasteiger partial charge in [-0.05, 0) is 53.9 Å². The first-order valence-corrected chi connectivity index (χ1v) is 12.4. The fourth-order valence-corrected chi connectivity index (χ4v) is 5.41. The first kappa shape index (κ1) is 22.5. The lowest BCUT2D eigenvalue weighted by molar-refractivity contribution is -0.118. The number of fused-ring (bicyclic) bond motifs is 1. The van der Waals surface area contributed by atoms with E-state index in [-0.39, 0.29) is 10.8 Å². The molecular weight excluding hydrogens is 424 g/mol. The predicted molar refractivity (Wildman–Crippen MR) is 126 cm³/mol. The first-order chi connectivity index (χ1) is 15.5. The number of aryl methyl sites for hydroxylation is 1. The van der Waals surface area contributed by atoms with Gasteiger partial charge in [0.2, 0.25) is 15.9 Å². The van der Waals surface area contributed by atoms with Crippen LogP contribution in [0.4, 0.5) is 5.69 Å². The van der Waals surface area contributed by atoms with E-state index in [1.54, 1.807) is 29.2 Å². The van der Waals surface area contributed by atoms with E-state index in [1.165, 1.54) is 4.31 Å². The number of sulfonamides is 1. The Kier molecular flexibility index (Phi) is 6.89. The number of benzene rings is 3. The number of carbonyl (C=O) groups is 1.